The fourth-order valence-electron chi connectivity index (χ4n) is 2.17. The third kappa shape index (κ3) is 2.74. The molecule has 0 amide bonds. The Labute approximate surface area is 139 Å². The number of aromatic nitrogens is 1. The highest BCUT2D eigenvalue weighted by Gasteiger charge is 2.15. The standard InChI is InChI=1S/C17H11Br2NO/c18-13-15(11-7-3-1-4-8-11)20-16(14(19)17(13)21)12-9-5-2-6-10-12/h1-10H,(H,20,21). The van der Waals surface area contributed by atoms with E-state index in [9.17, 15) is 4.79 Å². The first-order valence-corrected chi connectivity index (χ1v) is 7.99. The number of H-pyrrole nitrogens is 1. The zero-order valence-corrected chi connectivity index (χ0v) is 14.1. The minimum Gasteiger partial charge on any atom is -0.352 e. The van der Waals surface area contributed by atoms with Gasteiger partial charge >= 0.3 is 0 Å². The quantitative estimate of drug-likeness (QED) is 0.622. The van der Waals surface area contributed by atoms with Crippen molar-refractivity contribution in [1.82, 2.24) is 4.98 Å². The highest BCUT2D eigenvalue weighted by molar-refractivity contribution is 9.11. The Morgan fingerprint density at radius 3 is 1.43 bits per heavy atom. The minimum absolute atomic E-state index is 0.0635. The van der Waals surface area contributed by atoms with Gasteiger partial charge in [0, 0.05) is 0 Å². The van der Waals surface area contributed by atoms with Crippen LogP contribution in [0.2, 0.25) is 0 Å². The van der Waals surface area contributed by atoms with Crippen molar-refractivity contribution in [3.05, 3.63) is 79.8 Å². The van der Waals surface area contributed by atoms with Crippen LogP contribution in [0.4, 0.5) is 0 Å². The van der Waals surface area contributed by atoms with Crippen LogP contribution in [0, 0.1) is 0 Å². The molecule has 0 aliphatic rings. The number of nitrogens with one attached hydrogen (secondary N) is 1. The fourth-order valence-corrected chi connectivity index (χ4v) is 3.48. The molecule has 1 aromatic heterocycles. The molecule has 21 heavy (non-hydrogen) atoms. The van der Waals surface area contributed by atoms with E-state index in [2.05, 4.69) is 36.8 Å². The molecule has 0 radical (unpaired) electrons. The Morgan fingerprint density at radius 2 is 1.05 bits per heavy atom. The molecule has 104 valence electrons. The SMILES string of the molecule is O=c1c(Br)c(-c2ccccc2)[nH]c(-c2ccccc2)c1Br. The van der Waals surface area contributed by atoms with Crippen molar-refractivity contribution in [2.45, 2.75) is 0 Å². The Hall–Kier alpha value is -1.65. The zero-order valence-electron chi connectivity index (χ0n) is 10.9. The van der Waals surface area contributed by atoms with Gasteiger partial charge in [-0.3, -0.25) is 4.79 Å². The lowest BCUT2D eigenvalue weighted by Gasteiger charge is -2.11. The van der Waals surface area contributed by atoms with E-state index in [4.69, 9.17) is 0 Å². The van der Waals surface area contributed by atoms with Gasteiger partial charge in [0.25, 0.3) is 0 Å². The van der Waals surface area contributed by atoms with Crippen LogP contribution in [-0.4, -0.2) is 4.98 Å². The van der Waals surface area contributed by atoms with Crippen molar-refractivity contribution in [2.75, 3.05) is 0 Å². The molecule has 0 saturated heterocycles. The molecule has 3 aromatic rings. The first-order chi connectivity index (χ1) is 10.2. The maximum absolute atomic E-state index is 12.4. The van der Waals surface area contributed by atoms with E-state index in [0.717, 1.165) is 22.5 Å². The van der Waals surface area contributed by atoms with E-state index in [1.807, 2.05) is 60.7 Å². The number of aromatic amines is 1. The predicted molar refractivity (Wildman–Crippen MR) is 93.3 cm³/mol. The van der Waals surface area contributed by atoms with Gasteiger partial charge in [0.05, 0.1) is 20.3 Å². The Morgan fingerprint density at radius 1 is 0.667 bits per heavy atom. The van der Waals surface area contributed by atoms with Crippen molar-refractivity contribution in [2.24, 2.45) is 0 Å². The maximum Gasteiger partial charge on any atom is 0.211 e. The molecule has 0 saturated carbocycles. The average Bonchev–Trinajstić information content (AvgIpc) is 2.55. The molecule has 0 aliphatic carbocycles. The molecule has 2 nitrogen and oxygen atoms in total. The molecule has 4 heteroatoms. The molecule has 1 N–H and O–H groups in total. The summed E-state index contributed by atoms with van der Waals surface area (Å²) in [6, 6.07) is 19.6. The molecule has 0 fully saturated rings. The van der Waals surface area contributed by atoms with E-state index < -0.39 is 0 Å². The van der Waals surface area contributed by atoms with Gasteiger partial charge < -0.3 is 4.98 Å². The smallest absolute Gasteiger partial charge is 0.211 e. The molecular formula is C17H11Br2NO. The molecule has 0 bridgehead atoms. The second kappa shape index (κ2) is 6.00. The normalized spacial score (nSPS) is 10.6. The van der Waals surface area contributed by atoms with Crippen LogP contribution in [0.5, 0.6) is 0 Å². The number of hydrogen-bond acceptors (Lipinski definition) is 1. The summed E-state index contributed by atoms with van der Waals surface area (Å²) in [5, 5.41) is 0. The van der Waals surface area contributed by atoms with E-state index in [0.29, 0.717) is 8.95 Å². The Balaban J connectivity index is 2.29. The van der Waals surface area contributed by atoms with Crippen LogP contribution in [0.1, 0.15) is 0 Å². The third-order valence-electron chi connectivity index (χ3n) is 3.21. The van der Waals surface area contributed by atoms with E-state index >= 15 is 0 Å². The summed E-state index contributed by atoms with van der Waals surface area (Å²) in [4.78, 5) is 15.8. The fraction of sp³-hybridized carbons (Fsp3) is 0. The molecule has 0 unspecified atom stereocenters. The summed E-state index contributed by atoms with van der Waals surface area (Å²) in [5.41, 5.74) is 3.43. The largest absolute Gasteiger partial charge is 0.352 e. The summed E-state index contributed by atoms with van der Waals surface area (Å²) in [6.45, 7) is 0. The van der Waals surface area contributed by atoms with Crippen molar-refractivity contribution in [1.29, 1.82) is 0 Å². The molecule has 0 aliphatic heterocycles. The minimum atomic E-state index is -0.0635. The van der Waals surface area contributed by atoms with Crippen LogP contribution in [0.15, 0.2) is 74.4 Å². The van der Waals surface area contributed by atoms with Crippen LogP contribution in [-0.2, 0) is 0 Å². The zero-order chi connectivity index (χ0) is 14.8. The van der Waals surface area contributed by atoms with Crippen molar-refractivity contribution in [3.63, 3.8) is 0 Å². The van der Waals surface area contributed by atoms with Gasteiger partial charge in [0.2, 0.25) is 5.43 Å². The predicted octanol–water partition coefficient (Wildman–Crippen LogP) is 5.23. The third-order valence-corrected chi connectivity index (χ3v) is 4.73. The van der Waals surface area contributed by atoms with E-state index in [1.165, 1.54) is 0 Å². The monoisotopic (exact) mass is 403 g/mol. The summed E-state index contributed by atoms with van der Waals surface area (Å²) < 4.78 is 1.06. The van der Waals surface area contributed by atoms with E-state index in [-0.39, 0.29) is 5.43 Å². The summed E-state index contributed by atoms with van der Waals surface area (Å²) in [6.07, 6.45) is 0. The Kier molecular flexibility index (Phi) is 4.08. The molecule has 0 spiro atoms. The van der Waals surface area contributed by atoms with Gasteiger partial charge in [-0.2, -0.15) is 0 Å². The molecule has 0 atom stereocenters. The number of halogens is 2. The number of benzene rings is 2. The van der Waals surface area contributed by atoms with Crippen LogP contribution >= 0.6 is 31.9 Å². The molecule has 2 aromatic carbocycles. The summed E-state index contributed by atoms with van der Waals surface area (Å²) in [7, 11) is 0. The molecular weight excluding hydrogens is 394 g/mol. The maximum atomic E-state index is 12.4. The number of rotatable bonds is 2. The molecule has 3 rings (SSSR count). The number of hydrogen-bond donors (Lipinski definition) is 1. The van der Waals surface area contributed by atoms with Crippen molar-refractivity contribution < 1.29 is 0 Å². The highest BCUT2D eigenvalue weighted by atomic mass is 79.9. The van der Waals surface area contributed by atoms with Gasteiger partial charge in [-0.1, -0.05) is 60.7 Å². The second-order valence-corrected chi connectivity index (χ2v) is 6.15. The lowest BCUT2D eigenvalue weighted by Crippen LogP contribution is -2.09. The van der Waals surface area contributed by atoms with Crippen LogP contribution in [0.3, 0.4) is 0 Å². The second-order valence-electron chi connectivity index (χ2n) is 4.56. The van der Waals surface area contributed by atoms with Gasteiger partial charge in [-0.15, -0.1) is 0 Å². The van der Waals surface area contributed by atoms with E-state index in [1.54, 1.807) is 0 Å². The van der Waals surface area contributed by atoms with Gasteiger partial charge in [-0.25, -0.2) is 0 Å². The topological polar surface area (TPSA) is 32.9 Å². The molecule has 1 heterocycles. The Bertz CT molecular complexity index is 760. The van der Waals surface area contributed by atoms with Gasteiger partial charge in [-0.05, 0) is 43.0 Å². The summed E-state index contributed by atoms with van der Waals surface area (Å²) in [5.74, 6) is 0. The average molecular weight is 405 g/mol. The van der Waals surface area contributed by atoms with Crippen molar-refractivity contribution in [3.8, 4) is 22.5 Å². The van der Waals surface area contributed by atoms with Gasteiger partial charge in [0.15, 0.2) is 0 Å². The first-order valence-electron chi connectivity index (χ1n) is 6.40. The van der Waals surface area contributed by atoms with Crippen LogP contribution in [0.25, 0.3) is 22.5 Å². The number of pyridine rings is 1. The first kappa shape index (κ1) is 14.3. The highest BCUT2D eigenvalue weighted by Crippen LogP contribution is 2.31. The lowest BCUT2D eigenvalue weighted by molar-refractivity contribution is 1.26. The van der Waals surface area contributed by atoms with Crippen molar-refractivity contribution >= 4 is 31.9 Å². The summed E-state index contributed by atoms with van der Waals surface area (Å²) >= 11 is 6.80. The lowest BCUT2D eigenvalue weighted by atomic mass is 10.1. The van der Waals surface area contributed by atoms with Gasteiger partial charge in [0.1, 0.15) is 0 Å². The van der Waals surface area contributed by atoms with Crippen LogP contribution < -0.4 is 5.43 Å².